The summed E-state index contributed by atoms with van der Waals surface area (Å²) in [5.41, 5.74) is 1.90. The van der Waals surface area contributed by atoms with E-state index in [0.717, 1.165) is 15.6 Å². The highest BCUT2D eigenvalue weighted by atomic mass is 35.5. The summed E-state index contributed by atoms with van der Waals surface area (Å²) in [6.45, 7) is 1.86. The average molecular weight is 490 g/mol. The molecule has 31 heavy (non-hydrogen) atoms. The van der Waals surface area contributed by atoms with Gasteiger partial charge in [-0.05, 0) is 37.3 Å². The van der Waals surface area contributed by atoms with E-state index in [1.807, 2.05) is 37.3 Å². The molecule has 0 aliphatic heterocycles. The molecule has 2 N–H and O–H groups in total. The Morgan fingerprint density at radius 1 is 0.806 bits per heavy atom. The average Bonchev–Trinajstić information content (AvgIpc) is 3.09. The Balaban J connectivity index is 1.65. The number of rotatable bonds is 4. The summed E-state index contributed by atoms with van der Waals surface area (Å²) in [4.78, 5) is 26.3. The van der Waals surface area contributed by atoms with E-state index in [2.05, 4.69) is 10.6 Å². The molecule has 0 bridgehead atoms. The summed E-state index contributed by atoms with van der Waals surface area (Å²) in [6, 6.07) is 17.7. The van der Waals surface area contributed by atoms with Crippen molar-refractivity contribution >= 4 is 79.4 Å². The Bertz CT molecular complexity index is 1330. The SMILES string of the molecule is Cc1ccc(NC(=O)c2sc3ccccc3c2Cl)c(C(=O)Nc2cccc(Cl)c2Cl)c1. The summed E-state index contributed by atoms with van der Waals surface area (Å²) in [5, 5.41) is 7.35. The second kappa shape index (κ2) is 8.89. The van der Waals surface area contributed by atoms with Gasteiger partial charge in [-0.15, -0.1) is 11.3 Å². The number of carbonyl (C=O) groups is 2. The highest BCUT2D eigenvalue weighted by Crippen LogP contribution is 2.36. The molecule has 0 unspecified atom stereocenters. The van der Waals surface area contributed by atoms with Crippen molar-refractivity contribution in [3.63, 3.8) is 0 Å². The molecule has 2 amide bonds. The summed E-state index contributed by atoms with van der Waals surface area (Å²) in [6.07, 6.45) is 0. The predicted molar refractivity (Wildman–Crippen MR) is 130 cm³/mol. The van der Waals surface area contributed by atoms with Gasteiger partial charge in [-0.1, -0.05) is 70.7 Å². The van der Waals surface area contributed by atoms with Gasteiger partial charge in [-0.25, -0.2) is 0 Å². The molecule has 0 saturated carbocycles. The number of anilines is 2. The third-order valence-electron chi connectivity index (χ3n) is 4.61. The topological polar surface area (TPSA) is 58.2 Å². The molecule has 4 nitrogen and oxygen atoms in total. The zero-order valence-electron chi connectivity index (χ0n) is 16.1. The van der Waals surface area contributed by atoms with Gasteiger partial charge in [0, 0.05) is 10.1 Å². The van der Waals surface area contributed by atoms with Crippen LogP contribution in [0.15, 0.2) is 60.7 Å². The molecule has 1 heterocycles. The van der Waals surface area contributed by atoms with Crippen LogP contribution in [0.25, 0.3) is 10.1 Å². The zero-order valence-corrected chi connectivity index (χ0v) is 19.2. The number of hydrogen-bond acceptors (Lipinski definition) is 3. The van der Waals surface area contributed by atoms with Crippen LogP contribution in [0.1, 0.15) is 25.6 Å². The van der Waals surface area contributed by atoms with Crippen molar-refractivity contribution in [3.05, 3.63) is 91.7 Å². The van der Waals surface area contributed by atoms with E-state index >= 15 is 0 Å². The van der Waals surface area contributed by atoms with Gasteiger partial charge >= 0.3 is 0 Å². The Kier molecular flexibility index (Phi) is 6.21. The summed E-state index contributed by atoms with van der Waals surface area (Å²) in [5.74, 6) is -0.810. The highest BCUT2D eigenvalue weighted by molar-refractivity contribution is 7.21. The molecule has 156 valence electrons. The normalized spacial score (nSPS) is 10.8. The zero-order chi connectivity index (χ0) is 22.1. The maximum atomic E-state index is 13.0. The lowest BCUT2D eigenvalue weighted by Gasteiger charge is -2.13. The minimum atomic E-state index is -0.425. The number of aryl methyl sites for hydroxylation is 1. The number of hydrogen-bond donors (Lipinski definition) is 2. The van der Waals surface area contributed by atoms with E-state index in [0.29, 0.717) is 31.9 Å². The van der Waals surface area contributed by atoms with Crippen LogP contribution in [-0.2, 0) is 0 Å². The molecule has 0 atom stereocenters. The van der Waals surface area contributed by atoms with Crippen LogP contribution in [0.2, 0.25) is 15.1 Å². The van der Waals surface area contributed by atoms with E-state index in [1.165, 1.54) is 11.3 Å². The van der Waals surface area contributed by atoms with Crippen molar-refractivity contribution in [1.82, 2.24) is 0 Å². The van der Waals surface area contributed by atoms with Gasteiger partial charge in [0.1, 0.15) is 4.88 Å². The van der Waals surface area contributed by atoms with Crippen molar-refractivity contribution in [2.45, 2.75) is 6.92 Å². The van der Waals surface area contributed by atoms with E-state index < -0.39 is 5.91 Å². The van der Waals surface area contributed by atoms with E-state index in [4.69, 9.17) is 34.8 Å². The molecule has 0 radical (unpaired) electrons. The molecule has 0 aliphatic carbocycles. The minimum absolute atomic E-state index is 0.243. The molecule has 0 fully saturated rings. The lowest BCUT2D eigenvalue weighted by molar-refractivity contribution is 0.102. The van der Waals surface area contributed by atoms with Gasteiger partial charge < -0.3 is 10.6 Å². The number of benzene rings is 3. The molecule has 0 saturated heterocycles. The Labute approximate surface area is 197 Å². The number of nitrogens with one attached hydrogen (secondary N) is 2. The highest BCUT2D eigenvalue weighted by Gasteiger charge is 2.20. The number of halogens is 3. The summed E-state index contributed by atoms with van der Waals surface area (Å²) < 4.78 is 0.912. The van der Waals surface area contributed by atoms with Crippen LogP contribution < -0.4 is 10.6 Å². The second-order valence-electron chi connectivity index (χ2n) is 6.80. The Hall–Kier alpha value is -2.57. The third-order valence-corrected chi connectivity index (χ3v) is 7.10. The molecule has 4 aromatic rings. The first kappa shape index (κ1) is 21.7. The van der Waals surface area contributed by atoms with E-state index in [9.17, 15) is 9.59 Å². The van der Waals surface area contributed by atoms with Gasteiger partial charge in [0.25, 0.3) is 11.8 Å². The third kappa shape index (κ3) is 4.41. The van der Waals surface area contributed by atoms with Crippen LogP contribution in [-0.4, -0.2) is 11.8 Å². The van der Waals surface area contributed by atoms with E-state index in [1.54, 1.807) is 30.3 Å². The van der Waals surface area contributed by atoms with Gasteiger partial charge in [0.2, 0.25) is 0 Å². The fourth-order valence-corrected chi connectivity index (χ4v) is 4.84. The maximum Gasteiger partial charge on any atom is 0.267 e. The van der Waals surface area contributed by atoms with Crippen LogP contribution in [0, 0.1) is 6.92 Å². The van der Waals surface area contributed by atoms with Crippen molar-refractivity contribution in [2.75, 3.05) is 10.6 Å². The van der Waals surface area contributed by atoms with Crippen molar-refractivity contribution in [2.24, 2.45) is 0 Å². The number of thiophene rings is 1. The lowest BCUT2D eigenvalue weighted by Crippen LogP contribution is -2.18. The maximum absolute atomic E-state index is 13.0. The van der Waals surface area contributed by atoms with Gasteiger partial charge in [-0.2, -0.15) is 0 Å². The largest absolute Gasteiger partial charge is 0.321 e. The number of carbonyl (C=O) groups excluding carboxylic acids is 2. The fraction of sp³-hybridized carbons (Fsp3) is 0.0435. The number of fused-ring (bicyclic) bond motifs is 1. The molecule has 0 spiro atoms. The summed E-state index contributed by atoms with van der Waals surface area (Å²) in [7, 11) is 0. The van der Waals surface area contributed by atoms with Crippen molar-refractivity contribution in [1.29, 1.82) is 0 Å². The Morgan fingerprint density at radius 2 is 1.55 bits per heavy atom. The monoisotopic (exact) mass is 488 g/mol. The van der Waals surface area contributed by atoms with Crippen LogP contribution in [0.3, 0.4) is 0 Å². The van der Waals surface area contributed by atoms with Crippen LogP contribution in [0.5, 0.6) is 0 Å². The first-order valence-corrected chi connectivity index (χ1v) is 11.1. The van der Waals surface area contributed by atoms with Gasteiger partial charge in [-0.3, -0.25) is 9.59 Å². The standard InChI is InChI=1S/C23H15Cl3N2O2S/c1-12-9-10-16(14(11-12)22(29)28-17-7-4-6-15(24)20(17)26)27-23(30)21-19(25)13-5-2-3-8-18(13)31-21/h2-11H,1H3,(H,27,30)(H,28,29). The first-order chi connectivity index (χ1) is 14.8. The van der Waals surface area contributed by atoms with Crippen molar-refractivity contribution in [3.8, 4) is 0 Å². The fourth-order valence-electron chi connectivity index (χ4n) is 3.08. The molecule has 3 aromatic carbocycles. The molecular formula is C23H15Cl3N2O2S. The smallest absolute Gasteiger partial charge is 0.267 e. The lowest BCUT2D eigenvalue weighted by atomic mass is 10.1. The predicted octanol–water partition coefficient (Wildman–Crippen LogP) is 7.67. The van der Waals surface area contributed by atoms with Crippen LogP contribution in [0.4, 0.5) is 11.4 Å². The number of amides is 2. The summed E-state index contributed by atoms with van der Waals surface area (Å²) >= 11 is 19.9. The molecule has 8 heteroatoms. The van der Waals surface area contributed by atoms with Crippen LogP contribution >= 0.6 is 46.1 Å². The van der Waals surface area contributed by atoms with Crippen molar-refractivity contribution < 1.29 is 9.59 Å². The molecule has 1 aromatic heterocycles. The van der Waals surface area contributed by atoms with Gasteiger partial charge in [0.05, 0.1) is 32.0 Å². The Morgan fingerprint density at radius 3 is 2.32 bits per heavy atom. The second-order valence-corrected chi connectivity index (χ2v) is 9.02. The molecule has 4 rings (SSSR count). The minimum Gasteiger partial charge on any atom is -0.321 e. The van der Waals surface area contributed by atoms with E-state index in [-0.39, 0.29) is 10.9 Å². The molecular weight excluding hydrogens is 475 g/mol. The molecule has 0 aliphatic rings. The quantitative estimate of drug-likeness (QED) is 0.309. The first-order valence-electron chi connectivity index (χ1n) is 9.19. The van der Waals surface area contributed by atoms with Gasteiger partial charge in [0.15, 0.2) is 0 Å².